The van der Waals surface area contributed by atoms with Crippen molar-refractivity contribution in [3.05, 3.63) is 24.3 Å². The number of para-hydroxylation sites is 2. The highest BCUT2D eigenvalue weighted by Crippen LogP contribution is 2.20. The van der Waals surface area contributed by atoms with Gasteiger partial charge in [-0.2, -0.15) is 0 Å². The van der Waals surface area contributed by atoms with Crippen LogP contribution in [0.1, 0.15) is 6.92 Å². The number of ether oxygens (including phenoxy) is 1. The van der Waals surface area contributed by atoms with Crippen molar-refractivity contribution in [2.24, 2.45) is 0 Å². The second-order valence-electron chi connectivity index (χ2n) is 4.88. The normalized spacial score (nSPS) is 21.4. The van der Waals surface area contributed by atoms with Gasteiger partial charge in [0.1, 0.15) is 5.75 Å². The van der Waals surface area contributed by atoms with E-state index in [2.05, 4.69) is 0 Å². The highest BCUT2D eigenvalue weighted by molar-refractivity contribution is 7.91. The number of carbonyl (C=O) groups excluding carboxylic acids is 1. The number of nitrogens with zero attached hydrogens (tertiary/aromatic N) is 1. The van der Waals surface area contributed by atoms with Gasteiger partial charge in [0.25, 0.3) is 5.91 Å². The Bertz CT molecular complexity index is 600. The van der Waals surface area contributed by atoms with Crippen LogP contribution in [-0.2, 0) is 14.6 Å². The van der Waals surface area contributed by atoms with Crippen LogP contribution in [-0.4, -0.2) is 49.9 Å². The van der Waals surface area contributed by atoms with Gasteiger partial charge in [-0.25, -0.2) is 8.42 Å². The van der Waals surface area contributed by atoms with Gasteiger partial charge < -0.3 is 15.4 Å². The smallest absolute Gasteiger partial charge is 0.260 e. The summed E-state index contributed by atoms with van der Waals surface area (Å²) in [5.74, 6) is 0.247. The van der Waals surface area contributed by atoms with Crippen LogP contribution in [0.2, 0.25) is 0 Å². The molecule has 6 nitrogen and oxygen atoms in total. The van der Waals surface area contributed by atoms with Crippen molar-refractivity contribution in [1.29, 1.82) is 0 Å². The number of rotatable bonds is 3. The number of nitrogens with two attached hydrogens (primary N) is 1. The average molecular weight is 298 g/mol. The van der Waals surface area contributed by atoms with E-state index in [1.807, 2.05) is 0 Å². The molecular formula is C13H18N2O4S. The predicted molar refractivity (Wildman–Crippen MR) is 76.2 cm³/mol. The number of amides is 1. The number of anilines is 1. The number of benzene rings is 1. The Morgan fingerprint density at radius 2 is 2.15 bits per heavy atom. The summed E-state index contributed by atoms with van der Waals surface area (Å²) in [5, 5.41) is 0. The Balaban J connectivity index is 1.94. The van der Waals surface area contributed by atoms with Crippen LogP contribution in [0.25, 0.3) is 0 Å². The van der Waals surface area contributed by atoms with Crippen LogP contribution in [0.15, 0.2) is 24.3 Å². The van der Waals surface area contributed by atoms with Gasteiger partial charge in [0.15, 0.2) is 16.4 Å². The van der Waals surface area contributed by atoms with E-state index in [1.54, 1.807) is 36.1 Å². The lowest BCUT2D eigenvalue weighted by molar-refractivity contribution is -0.134. The fourth-order valence-electron chi connectivity index (χ4n) is 2.20. The summed E-state index contributed by atoms with van der Waals surface area (Å²) in [4.78, 5) is 13.6. The minimum absolute atomic E-state index is 0.00617. The van der Waals surface area contributed by atoms with E-state index in [9.17, 15) is 13.2 Å². The topological polar surface area (TPSA) is 89.7 Å². The Hall–Kier alpha value is -1.76. The van der Waals surface area contributed by atoms with E-state index in [0.29, 0.717) is 11.4 Å². The van der Waals surface area contributed by atoms with Crippen LogP contribution in [0.4, 0.5) is 5.69 Å². The zero-order valence-electron chi connectivity index (χ0n) is 11.3. The van der Waals surface area contributed by atoms with E-state index in [0.717, 1.165) is 0 Å². The van der Waals surface area contributed by atoms with Gasteiger partial charge in [-0.1, -0.05) is 12.1 Å². The first-order valence-electron chi connectivity index (χ1n) is 6.36. The van der Waals surface area contributed by atoms with Crippen molar-refractivity contribution in [1.82, 2.24) is 4.90 Å². The number of hydrogen-bond acceptors (Lipinski definition) is 5. The van der Waals surface area contributed by atoms with Gasteiger partial charge in [0.05, 0.1) is 17.2 Å². The third kappa shape index (κ3) is 3.41. The molecule has 1 aromatic rings. The quantitative estimate of drug-likeness (QED) is 0.810. The maximum Gasteiger partial charge on any atom is 0.260 e. The van der Waals surface area contributed by atoms with Crippen molar-refractivity contribution < 1.29 is 17.9 Å². The molecule has 20 heavy (non-hydrogen) atoms. The van der Waals surface area contributed by atoms with E-state index < -0.39 is 9.84 Å². The van der Waals surface area contributed by atoms with Crippen molar-refractivity contribution in [3.8, 4) is 5.75 Å². The van der Waals surface area contributed by atoms with Crippen LogP contribution in [0.5, 0.6) is 5.75 Å². The van der Waals surface area contributed by atoms with Crippen LogP contribution < -0.4 is 10.5 Å². The third-order valence-corrected chi connectivity index (χ3v) is 5.06. The summed E-state index contributed by atoms with van der Waals surface area (Å²) in [6, 6.07) is 6.61. The number of sulfone groups is 1. The monoisotopic (exact) mass is 298 g/mol. The molecule has 0 radical (unpaired) electrons. The van der Waals surface area contributed by atoms with Gasteiger partial charge >= 0.3 is 0 Å². The van der Waals surface area contributed by atoms with E-state index in [-0.39, 0.29) is 36.6 Å². The molecule has 0 aromatic heterocycles. The van der Waals surface area contributed by atoms with Gasteiger partial charge in [0.2, 0.25) is 0 Å². The van der Waals surface area contributed by atoms with Crippen molar-refractivity contribution >= 4 is 21.4 Å². The van der Waals surface area contributed by atoms with Crippen molar-refractivity contribution in [3.63, 3.8) is 0 Å². The first-order valence-corrected chi connectivity index (χ1v) is 8.18. The first kappa shape index (κ1) is 14.6. The lowest BCUT2D eigenvalue weighted by Gasteiger charge is -2.33. The average Bonchev–Trinajstić information content (AvgIpc) is 2.36. The second-order valence-corrected chi connectivity index (χ2v) is 7.11. The van der Waals surface area contributed by atoms with Gasteiger partial charge in [-0.3, -0.25) is 4.79 Å². The predicted octanol–water partition coefficient (Wildman–Crippen LogP) is 0.293. The van der Waals surface area contributed by atoms with E-state index >= 15 is 0 Å². The maximum atomic E-state index is 12.1. The highest BCUT2D eigenvalue weighted by Gasteiger charge is 2.31. The number of hydrogen-bond donors (Lipinski definition) is 1. The third-order valence-electron chi connectivity index (χ3n) is 3.26. The molecule has 1 unspecified atom stereocenters. The lowest BCUT2D eigenvalue weighted by atomic mass is 10.3. The Labute approximate surface area is 118 Å². The van der Waals surface area contributed by atoms with Crippen LogP contribution >= 0.6 is 0 Å². The molecule has 1 aromatic carbocycles. The molecule has 0 aliphatic carbocycles. The molecule has 2 rings (SSSR count). The molecule has 1 saturated heterocycles. The molecule has 110 valence electrons. The number of carbonyl (C=O) groups is 1. The highest BCUT2D eigenvalue weighted by atomic mass is 32.2. The molecular weight excluding hydrogens is 280 g/mol. The standard InChI is InChI=1S/C13H18N2O4S/c1-10-9-20(17,18)7-6-15(10)13(16)8-19-12-5-3-2-4-11(12)14/h2-5,10H,6-9,14H2,1H3. The molecule has 1 heterocycles. The Morgan fingerprint density at radius 1 is 1.45 bits per heavy atom. The largest absolute Gasteiger partial charge is 0.482 e. The summed E-state index contributed by atoms with van der Waals surface area (Å²) >= 11 is 0. The minimum atomic E-state index is -3.03. The molecule has 1 aliphatic rings. The van der Waals surface area contributed by atoms with Crippen molar-refractivity contribution in [2.75, 3.05) is 30.4 Å². The van der Waals surface area contributed by atoms with E-state index in [1.165, 1.54) is 0 Å². The lowest BCUT2D eigenvalue weighted by Crippen LogP contribution is -2.51. The second kappa shape index (κ2) is 5.70. The molecule has 1 atom stereocenters. The summed E-state index contributed by atoms with van der Waals surface area (Å²) in [6.07, 6.45) is 0. The molecule has 7 heteroatoms. The van der Waals surface area contributed by atoms with E-state index in [4.69, 9.17) is 10.5 Å². The maximum absolute atomic E-state index is 12.1. The molecule has 1 fully saturated rings. The zero-order chi connectivity index (χ0) is 14.8. The molecule has 1 aliphatic heterocycles. The Kier molecular flexibility index (Phi) is 4.17. The van der Waals surface area contributed by atoms with Crippen molar-refractivity contribution in [2.45, 2.75) is 13.0 Å². The SMILES string of the molecule is CC1CS(=O)(=O)CCN1C(=O)COc1ccccc1N. The fourth-order valence-corrected chi connectivity index (χ4v) is 3.76. The summed E-state index contributed by atoms with van der Waals surface area (Å²) < 4.78 is 28.3. The summed E-state index contributed by atoms with van der Waals surface area (Å²) in [7, 11) is -3.03. The van der Waals surface area contributed by atoms with Gasteiger partial charge in [0, 0.05) is 12.6 Å². The summed E-state index contributed by atoms with van der Waals surface area (Å²) in [6.45, 7) is 1.81. The molecule has 0 saturated carbocycles. The number of nitrogen functional groups attached to an aromatic ring is 1. The first-order chi connectivity index (χ1) is 9.39. The molecule has 0 spiro atoms. The fraction of sp³-hybridized carbons (Fsp3) is 0.462. The van der Waals surface area contributed by atoms with Crippen LogP contribution in [0, 0.1) is 0 Å². The molecule has 2 N–H and O–H groups in total. The molecule has 1 amide bonds. The minimum Gasteiger partial charge on any atom is -0.482 e. The van der Waals surface area contributed by atoms with Crippen LogP contribution in [0.3, 0.4) is 0 Å². The van der Waals surface area contributed by atoms with Gasteiger partial charge in [-0.05, 0) is 19.1 Å². The Morgan fingerprint density at radius 3 is 2.80 bits per heavy atom. The summed E-state index contributed by atoms with van der Waals surface area (Å²) in [5.41, 5.74) is 6.19. The molecule has 0 bridgehead atoms. The van der Waals surface area contributed by atoms with Gasteiger partial charge in [-0.15, -0.1) is 0 Å². The zero-order valence-corrected chi connectivity index (χ0v) is 12.1.